The van der Waals surface area contributed by atoms with E-state index in [-0.39, 0.29) is 11.5 Å². The summed E-state index contributed by atoms with van der Waals surface area (Å²) in [6, 6.07) is 19.6. The van der Waals surface area contributed by atoms with Crippen LogP contribution in [0.2, 0.25) is 5.02 Å². The molecule has 160 valence electrons. The molecule has 6 nitrogen and oxygen atoms in total. The molecule has 0 aliphatic heterocycles. The highest BCUT2D eigenvalue weighted by atomic mass is 35.5. The van der Waals surface area contributed by atoms with E-state index < -0.39 is 5.97 Å². The summed E-state index contributed by atoms with van der Waals surface area (Å²) in [4.78, 5) is 27.5. The highest BCUT2D eigenvalue weighted by Crippen LogP contribution is 2.27. The van der Waals surface area contributed by atoms with Crippen molar-refractivity contribution in [2.75, 3.05) is 7.11 Å². The van der Waals surface area contributed by atoms with Gasteiger partial charge in [-0.3, -0.25) is 4.99 Å². The molecule has 0 radical (unpaired) electrons. The number of aliphatic imine (C=N–C) groups is 1. The average molecular weight is 447 g/mol. The minimum absolute atomic E-state index is 0.120. The van der Waals surface area contributed by atoms with Gasteiger partial charge < -0.3 is 14.4 Å². The maximum absolute atomic E-state index is 11.9. The Morgan fingerprint density at radius 2 is 1.88 bits per heavy atom. The van der Waals surface area contributed by atoms with E-state index in [1.807, 2.05) is 48.7 Å². The highest BCUT2D eigenvalue weighted by Gasteiger charge is 2.11. The molecule has 4 rings (SSSR count). The van der Waals surface area contributed by atoms with E-state index in [2.05, 4.69) is 9.56 Å². The second kappa shape index (κ2) is 9.08. The van der Waals surface area contributed by atoms with Crippen molar-refractivity contribution in [3.05, 3.63) is 100 Å². The molecule has 32 heavy (non-hydrogen) atoms. The maximum Gasteiger partial charge on any atom is 0.337 e. The Morgan fingerprint density at radius 3 is 2.66 bits per heavy atom. The number of hydrogen-bond acceptors (Lipinski definition) is 4. The number of methoxy groups -OCH3 is 1. The molecule has 0 saturated carbocycles. The van der Waals surface area contributed by atoms with Crippen molar-refractivity contribution in [1.29, 1.82) is 0 Å². The lowest BCUT2D eigenvalue weighted by Gasteiger charge is -2.07. The first-order chi connectivity index (χ1) is 15.5. The molecule has 4 aromatic rings. The van der Waals surface area contributed by atoms with E-state index in [0.717, 1.165) is 22.0 Å². The van der Waals surface area contributed by atoms with Crippen molar-refractivity contribution < 1.29 is 19.4 Å². The maximum atomic E-state index is 11.9. The van der Waals surface area contributed by atoms with Gasteiger partial charge in [-0.05, 0) is 42.0 Å². The predicted molar refractivity (Wildman–Crippen MR) is 124 cm³/mol. The number of hydrogen-bond donors (Lipinski definition) is 1. The Hall–Kier alpha value is -3.90. The standard InChI is InChI=1S/C25H19ClN2O4/c1-32-25(31)18-6-4-5-16(11-18)14-28-15-19(20-7-2-3-8-23(20)28)13-27-22-12-17(24(29)30)9-10-21(22)26/h2-13,15H,14H2,1H3,(H,29,30). The topological polar surface area (TPSA) is 80.9 Å². The van der Waals surface area contributed by atoms with Gasteiger partial charge in [-0.2, -0.15) is 0 Å². The van der Waals surface area contributed by atoms with Gasteiger partial charge in [0.15, 0.2) is 0 Å². The number of carbonyl (C=O) groups excluding carboxylic acids is 1. The van der Waals surface area contributed by atoms with Gasteiger partial charge in [0.2, 0.25) is 0 Å². The molecule has 0 aliphatic rings. The molecule has 0 bridgehead atoms. The van der Waals surface area contributed by atoms with Gasteiger partial charge in [-0.15, -0.1) is 0 Å². The molecule has 1 aromatic heterocycles. The summed E-state index contributed by atoms with van der Waals surface area (Å²) in [5, 5.41) is 10.6. The van der Waals surface area contributed by atoms with E-state index in [4.69, 9.17) is 16.3 Å². The van der Waals surface area contributed by atoms with E-state index in [1.165, 1.54) is 25.3 Å². The molecule has 0 atom stereocenters. The number of carbonyl (C=O) groups is 2. The lowest BCUT2D eigenvalue weighted by Crippen LogP contribution is -2.03. The quantitative estimate of drug-likeness (QED) is 0.309. The van der Waals surface area contributed by atoms with Crippen LogP contribution in [0, 0.1) is 0 Å². The normalized spacial score (nSPS) is 11.2. The van der Waals surface area contributed by atoms with Crippen LogP contribution in [-0.4, -0.2) is 34.9 Å². The van der Waals surface area contributed by atoms with Crippen LogP contribution in [-0.2, 0) is 11.3 Å². The first-order valence-electron chi connectivity index (χ1n) is 9.78. The summed E-state index contributed by atoms with van der Waals surface area (Å²) in [6.07, 6.45) is 3.64. The summed E-state index contributed by atoms with van der Waals surface area (Å²) in [5.74, 6) is -1.42. The average Bonchev–Trinajstić information content (AvgIpc) is 3.15. The summed E-state index contributed by atoms with van der Waals surface area (Å²) in [6.45, 7) is 0.550. The predicted octanol–water partition coefficient (Wildman–Crippen LogP) is 5.58. The van der Waals surface area contributed by atoms with Gasteiger partial charge >= 0.3 is 11.9 Å². The van der Waals surface area contributed by atoms with Crippen molar-refractivity contribution >= 4 is 46.3 Å². The molecule has 0 saturated heterocycles. The number of nitrogens with zero attached hydrogens (tertiary/aromatic N) is 2. The molecular formula is C25H19ClN2O4. The summed E-state index contributed by atoms with van der Waals surface area (Å²) >= 11 is 6.20. The van der Waals surface area contributed by atoms with Gasteiger partial charge in [-0.1, -0.05) is 41.9 Å². The Balaban J connectivity index is 1.70. The second-order valence-corrected chi connectivity index (χ2v) is 7.56. The molecular weight excluding hydrogens is 428 g/mol. The molecule has 7 heteroatoms. The van der Waals surface area contributed by atoms with Gasteiger partial charge in [0, 0.05) is 35.4 Å². The van der Waals surface area contributed by atoms with Crippen molar-refractivity contribution in [3.63, 3.8) is 0 Å². The van der Waals surface area contributed by atoms with Crippen molar-refractivity contribution in [1.82, 2.24) is 4.57 Å². The third-order valence-corrected chi connectivity index (χ3v) is 5.38. The van der Waals surface area contributed by atoms with Gasteiger partial charge in [0.1, 0.15) is 0 Å². The largest absolute Gasteiger partial charge is 0.478 e. The molecule has 3 aromatic carbocycles. The number of para-hydroxylation sites is 1. The SMILES string of the molecule is COC(=O)c1cccc(Cn2cc(C=Nc3cc(C(=O)O)ccc3Cl)c3ccccc32)c1. The number of esters is 1. The van der Waals surface area contributed by atoms with Crippen LogP contribution in [0.3, 0.4) is 0 Å². The highest BCUT2D eigenvalue weighted by molar-refractivity contribution is 6.33. The lowest BCUT2D eigenvalue weighted by molar-refractivity contribution is 0.0599. The van der Waals surface area contributed by atoms with Crippen LogP contribution in [0.5, 0.6) is 0 Å². The van der Waals surface area contributed by atoms with Crippen LogP contribution in [0.4, 0.5) is 5.69 Å². The van der Waals surface area contributed by atoms with E-state index in [1.54, 1.807) is 12.3 Å². The summed E-state index contributed by atoms with van der Waals surface area (Å²) < 4.78 is 6.88. The fourth-order valence-corrected chi connectivity index (χ4v) is 3.67. The first-order valence-corrected chi connectivity index (χ1v) is 10.2. The van der Waals surface area contributed by atoms with Crippen LogP contribution in [0.25, 0.3) is 10.9 Å². The van der Waals surface area contributed by atoms with Crippen LogP contribution >= 0.6 is 11.6 Å². The monoisotopic (exact) mass is 446 g/mol. The third kappa shape index (κ3) is 4.40. The van der Waals surface area contributed by atoms with Crippen LogP contribution in [0.15, 0.2) is 77.9 Å². The van der Waals surface area contributed by atoms with Crippen molar-refractivity contribution in [2.24, 2.45) is 4.99 Å². The molecule has 0 aliphatic carbocycles. The zero-order valence-electron chi connectivity index (χ0n) is 17.2. The summed E-state index contributed by atoms with van der Waals surface area (Å²) in [7, 11) is 1.36. The van der Waals surface area contributed by atoms with Gasteiger partial charge in [-0.25, -0.2) is 9.59 Å². The molecule has 0 spiro atoms. The first kappa shape index (κ1) is 21.3. The Kier molecular flexibility index (Phi) is 6.05. The Morgan fingerprint density at radius 1 is 1.06 bits per heavy atom. The van der Waals surface area contributed by atoms with Crippen molar-refractivity contribution in [2.45, 2.75) is 6.54 Å². The number of benzene rings is 3. The number of rotatable bonds is 6. The van der Waals surface area contributed by atoms with Crippen molar-refractivity contribution in [3.8, 4) is 0 Å². The van der Waals surface area contributed by atoms with Gasteiger partial charge in [0.05, 0.1) is 28.9 Å². The zero-order chi connectivity index (χ0) is 22.7. The Bertz CT molecular complexity index is 1360. The molecule has 1 heterocycles. The smallest absolute Gasteiger partial charge is 0.337 e. The van der Waals surface area contributed by atoms with E-state index >= 15 is 0 Å². The molecule has 0 amide bonds. The zero-order valence-corrected chi connectivity index (χ0v) is 17.9. The summed E-state index contributed by atoms with van der Waals surface area (Å²) in [5.41, 5.74) is 3.82. The molecule has 0 unspecified atom stereocenters. The lowest BCUT2D eigenvalue weighted by atomic mass is 10.1. The number of ether oxygens (including phenoxy) is 1. The molecule has 1 N–H and O–H groups in total. The minimum Gasteiger partial charge on any atom is -0.478 e. The third-order valence-electron chi connectivity index (χ3n) is 5.06. The van der Waals surface area contributed by atoms with E-state index in [0.29, 0.717) is 22.8 Å². The number of carboxylic acids is 1. The van der Waals surface area contributed by atoms with E-state index in [9.17, 15) is 14.7 Å². The van der Waals surface area contributed by atoms with Crippen LogP contribution in [0.1, 0.15) is 31.8 Å². The Labute approximate surface area is 189 Å². The molecule has 0 fully saturated rings. The number of aromatic carboxylic acids is 1. The number of aromatic nitrogens is 1. The van der Waals surface area contributed by atoms with Gasteiger partial charge in [0.25, 0.3) is 0 Å². The number of fused-ring (bicyclic) bond motifs is 1. The number of halogens is 1. The minimum atomic E-state index is -1.04. The second-order valence-electron chi connectivity index (χ2n) is 7.15. The fourth-order valence-electron chi connectivity index (χ4n) is 3.50. The van der Waals surface area contributed by atoms with Crippen LogP contribution < -0.4 is 0 Å². The number of carboxylic acid groups (broad SMARTS) is 1. The fraction of sp³-hybridized carbons (Fsp3) is 0.0800.